The topological polar surface area (TPSA) is 60.0 Å². The number of hydrogen-bond donors (Lipinski definition) is 2. The van der Waals surface area contributed by atoms with E-state index >= 15 is 0 Å². The third-order valence-corrected chi connectivity index (χ3v) is 4.85. The van der Waals surface area contributed by atoms with E-state index in [0.717, 1.165) is 49.2 Å². The van der Waals surface area contributed by atoms with Crippen molar-refractivity contribution in [2.75, 3.05) is 40.8 Å². The Morgan fingerprint density at radius 2 is 1.93 bits per heavy atom. The summed E-state index contributed by atoms with van der Waals surface area (Å²) in [6.07, 6.45) is 3.51. The van der Waals surface area contributed by atoms with Crippen molar-refractivity contribution in [3.8, 4) is 0 Å². The molecule has 2 rings (SSSR count). The SMILES string of the molecule is CN=C(NCCc1cccc(C(=O)N(C)C)c1)NCCN(C(C)C)C1CC1. The highest BCUT2D eigenvalue weighted by atomic mass is 16.2. The van der Waals surface area contributed by atoms with Crippen molar-refractivity contribution >= 4 is 11.9 Å². The molecule has 6 nitrogen and oxygen atoms in total. The fraction of sp³-hybridized carbons (Fsp3) is 0.619. The van der Waals surface area contributed by atoms with Gasteiger partial charge in [-0.1, -0.05) is 12.1 Å². The highest BCUT2D eigenvalue weighted by molar-refractivity contribution is 5.94. The molecule has 1 aromatic carbocycles. The third-order valence-electron chi connectivity index (χ3n) is 4.85. The van der Waals surface area contributed by atoms with Gasteiger partial charge in [0.15, 0.2) is 5.96 Å². The number of benzene rings is 1. The Kier molecular flexibility index (Phi) is 8.10. The summed E-state index contributed by atoms with van der Waals surface area (Å²) in [7, 11) is 5.35. The van der Waals surface area contributed by atoms with Gasteiger partial charge in [0.1, 0.15) is 0 Å². The molecule has 1 aliphatic rings. The molecule has 0 saturated heterocycles. The molecule has 0 bridgehead atoms. The molecule has 1 aromatic rings. The zero-order valence-corrected chi connectivity index (χ0v) is 17.5. The average molecular weight is 374 g/mol. The summed E-state index contributed by atoms with van der Waals surface area (Å²) < 4.78 is 0. The van der Waals surface area contributed by atoms with E-state index < -0.39 is 0 Å². The third kappa shape index (κ3) is 6.86. The molecule has 0 heterocycles. The van der Waals surface area contributed by atoms with Gasteiger partial charge in [-0.15, -0.1) is 0 Å². The molecule has 27 heavy (non-hydrogen) atoms. The average Bonchev–Trinajstić information content (AvgIpc) is 3.47. The first-order chi connectivity index (χ1) is 12.9. The molecule has 2 N–H and O–H groups in total. The lowest BCUT2D eigenvalue weighted by atomic mass is 10.1. The molecule has 6 heteroatoms. The Morgan fingerprint density at radius 3 is 2.52 bits per heavy atom. The van der Waals surface area contributed by atoms with Crippen LogP contribution in [0.2, 0.25) is 0 Å². The van der Waals surface area contributed by atoms with Crippen LogP contribution in [0.4, 0.5) is 0 Å². The van der Waals surface area contributed by atoms with E-state index in [-0.39, 0.29) is 5.91 Å². The molecule has 150 valence electrons. The minimum atomic E-state index is 0.0349. The molecule has 1 aliphatic carbocycles. The van der Waals surface area contributed by atoms with Crippen LogP contribution in [-0.4, -0.2) is 74.5 Å². The molecule has 0 aliphatic heterocycles. The monoisotopic (exact) mass is 373 g/mol. The summed E-state index contributed by atoms with van der Waals surface area (Å²) in [5.41, 5.74) is 1.87. The second-order valence-electron chi connectivity index (χ2n) is 7.64. The van der Waals surface area contributed by atoms with Crippen LogP contribution in [-0.2, 0) is 6.42 Å². The van der Waals surface area contributed by atoms with E-state index in [4.69, 9.17) is 0 Å². The number of guanidine groups is 1. The van der Waals surface area contributed by atoms with E-state index in [1.54, 1.807) is 26.0 Å². The standard InChI is InChI=1S/C21H35N5O/c1-16(2)26(19-9-10-19)14-13-24-21(22-3)23-12-11-17-7-6-8-18(15-17)20(27)25(4)5/h6-8,15-16,19H,9-14H2,1-5H3,(H2,22,23,24). The van der Waals surface area contributed by atoms with E-state index in [1.165, 1.54) is 12.8 Å². The highest BCUT2D eigenvalue weighted by Crippen LogP contribution is 2.27. The zero-order valence-electron chi connectivity index (χ0n) is 17.5. The number of rotatable bonds is 9. The predicted molar refractivity (Wildman–Crippen MR) is 112 cm³/mol. The largest absolute Gasteiger partial charge is 0.356 e. The molecule has 1 amide bonds. The van der Waals surface area contributed by atoms with Crippen LogP contribution in [0.1, 0.15) is 42.6 Å². The Balaban J connectivity index is 1.74. The quantitative estimate of drug-likeness (QED) is 0.513. The molecular formula is C21H35N5O. The van der Waals surface area contributed by atoms with Crippen molar-refractivity contribution in [2.24, 2.45) is 4.99 Å². The number of nitrogens with zero attached hydrogens (tertiary/aromatic N) is 3. The second kappa shape index (κ2) is 10.3. The molecule has 0 radical (unpaired) electrons. The summed E-state index contributed by atoms with van der Waals surface area (Å²) in [6.45, 7) is 7.23. The van der Waals surface area contributed by atoms with Crippen molar-refractivity contribution in [1.29, 1.82) is 0 Å². The first-order valence-electron chi connectivity index (χ1n) is 9.93. The Hall–Kier alpha value is -2.08. The van der Waals surface area contributed by atoms with Crippen molar-refractivity contribution in [3.63, 3.8) is 0 Å². The van der Waals surface area contributed by atoms with Crippen LogP contribution >= 0.6 is 0 Å². The summed E-state index contributed by atoms with van der Waals surface area (Å²) in [6, 6.07) is 9.19. The van der Waals surface area contributed by atoms with Crippen molar-refractivity contribution in [1.82, 2.24) is 20.4 Å². The Labute approximate surface area is 164 Å². The van der Waals surface area contributed by atoms with Crippen LogP contribution in [0.3, 0.4) is 0 Å². The lowest BCUT2D eigenvalue weighted by Crippen LogP contribution is -2.44. The predicted octanol–water partition coefficient (Wildman–Crippen LogP) is 1.97. The van der Waals surface area contributed by atoms with Gasteiger partial charge < -0.3 is 15.5 Å². The van der Waals surface area contributed by atoms with E-state index in [0.29, 0.717) is 6.04 Å². The summed E-state index contributed by atoms with van der Waals surface area (Å²) in [5.74, 6) is 0.864. The van der Waals surface area contributed by atoms with Gasteiger partial charge in [0, 0.05) is 58.4 Å². The number of nitrogens with one attached hydrogen (secondary N) is 2. The number of hydrogen-bond acceptors (Lipinski definition) is 3. The second-order valence-corrected chi connectivity index (χ2v) is 7.64. The maximum Gasteiger partial charge on any atom is 0.253 e. The molecule has 0 aromatic heterocycles. The van der Waals surface area contributed by atoms with Crippen LogP contribution in [0.15, 0.2) is 29.3 Å². The van der Waals surface area contributed by atoms with Crippen LogP contribution in [0, 0.1) is 0 Å². The van der Waals surface area contributed by atoms with Gasteiger partial charge in [-0.25, -0.2) is 0 Å². The van der Waals surface area contributed by atoms with Gasteiger partial charge in [-0.2, -0.15) is 0 Å². The molecule has 1 fully saturated rings. The van der Waals surface area contributed by atoms with Crippen molar-refractivity contribution in [2.45, 2.75) is 45.2 Å². The zero-order chi connectivity index (χ0) is 19.8. The van der Waals surface area contributed by atoms with Crippen molar-refractivity contribution < 1.29 is 4.79 Å². The normalized spacial score (nSPS) is 14.6. The minimum Gasteiger partial charge on any atom is -0.356 e. The van der Waals surface area contributed by atoms with Crippen LogP contribution in [0.25, 0.3) is 0 Å². The van der Waals surface area contributed by atoms with Crippen molar-refractivity contribution in [3.05, 3.63) is 35.4 Å². The number of carbonyl (C=O) groups excluding carboxylic acids is 1. The lowest BCUT2D eigenvalue weighted by Gasteiger charge is -2.26. The number of amides is 1. The van der Waals surface area contributed by atoms with Gasteiger partial charge >= 0.3 is 0 Å². The summed E-state index contributed by atoms with van der Waals surface area (Å²) >= 11 is 0. The summed E-state index contributed by atoms with van der Waals surface area (Å²) in [5, 5.41) is 6.77. The van der Waals surface area contributed by atoms with Gasteiger partial charge in [0.25, 0.3) is 5.91 Å². The molecule has 1 saturated carbocycles. The van der Waals surface area contributed by atoms with Crippen LogP contribution < -0.4 is 10.6 Å². The van der Waals surface area contributed by atoms with E-state index in [9.17, 15) is 4.79 Å². The van der Waals surface area contributed by atoms with E-state index in [2.05, 4.69) is 40.4 Å². The Bertz CT molecular complexity index is 635. The van der Waals surface area contributed by atoms with Gasteiger partial charge in [0.2, 0.25) is 0 Å². The first kappa shape index (κ1) is 21.2. The minimum absolute atomic E-state index is 0.0349. The molecule has 0 unspecified atom stereocenters. The highest BCUT2D eigenvalue weighted by Gasteiger charge is 2.30. The maximum absolute atomic E-state index is 12.1. The number of aliphatic imine (C=N–C) groups is 1. The fourth-order valence-corrected chi connectivity index (χ4v) is 3.24. The van der Waals surface area contributed by atoms with Gasteiger partial charge in [-0.3, -0.25) is 14.7 Å². The van der Waals surface area contributed by atoms with E-state index in [1.807, 2.05) is 18.2 Å². The van der Waals surface area contributed by atoms with Gasteiger partial charge in [-0.05, 0) is 50.8 Å². The van der Waals surface area contributed by atoms with Crippen LogP contribution in [0.5, 0.6) is 0 Å². The van der Waals surface area contributed by atoms with Gasteiger partial charge in [0.05, 0.1) is 0 Å². The fourth-order valence-electron chi connectivity index (χ4n) is 3.24. The summed E-state index contributed by atoms with van der Waals surface area (Å²) in [4.78, 5) is 20.5. The smallest absolute Gasteiger partial charge is 0.253 e. The molecule has 0 atom stereocenters. The molecular weight excluding hydrogens is 338 g/mol. The molecule has 0 spiro atoms. The Morgan fingerprint density at radius 1 is 1.22 bits per heavy atom. The maximum atomic E-state index is 12.1. The number of carbonyl (C=O) groups is 1. The first-order valence-corrected chi connectivity index (χ1v) is 9.93. The lowest BCUT2D eigenvalue weighted by molar-refractivity contribution is 0.0827.